The second-order valence-electron chi connectivity index (χ2n) is 3.85. The molecule has 6 nitrogen and oxygen atoms in total. The van der Waals surface area contributed by atoms with E-state index in [2.05, 4.69) is 14.4 Å². The third kappa shape index (κ3) is 2.20. The van der Waals surface area contributed by atoms with Crippen LogP contribution in [0.4, 0.5) is 0 Å². The zero-order chi connectivity index (χ0) is 12.5. The second-order valence-corrected chi connectivity index (χ2v) is 6.65. The number of aromatic nitrogens is 1. The first-order chi connectivity index (χ1) is 8.00. The van der Waals surface area contributed by atoms with Crippen LogP contribution in [0, 0.1) is 0 Å². The highest BCUT2D eigenvalue weighted by molar-refractivity contribution is 7.91. The van der Waals surface area contributed by atoms with Crippen molar-refractivity contribution in [3.05, 3.63) is 11.7 Å². The van der Waals surface area contributed by atoms with Crippen LogP contribution in [0.2, 0.25) is 0 Å². The van der Waals surface area contributed by atoms with Gasteiger partial charge >= 0.3 is 5.97 Å². The standard InChI is InChI=1S/C9H12N2O4S2/c1-15-8(12)9(3-2-4-9)11-17(13,14)7-5-10-6-16-7/h5-6,11H,2-4H2,1H3. The van der Waals surface area contributed by atoms with E-state index in [1.807, 2.05) is 0 Å². The van der Waals surface area contributed by atoms with Crippen molar-refractivity contribution in [3.63, 3.8) is 0 Å². The minimum Gasteiger partial charge on any atom is -0.468 e. The number of sulfonamides is 1. The fourth-order valence-electron chi connectivity index (χ4n) is 1.72. The molecule has 17 heavy (non-hydrogen) atoms. The van der Waals surface area contributed by atoms with E-state index in [0.29, 0.717) is 12.8 Å². The molecule has 0 atom stereocenters. The molecule has 1 aromatic heterocycles. The van der Waals surface area contributed by atoms with Gasteiger partial charge in [-0.15, -0.1) is 11.3 Å². The summed E-state index contributed by atoms with van der Waals surface area (Å²) in [6.07, 6.45) is 3.01. The average Bonchev–Trinajstić information content (AvgIpc) is 2.76. The molecule has 0 amide bonds. The van der Waals surface area contributed by atoms with Crippen LogP contribution in [-0.4, -0.2) is 32.0 Å². The van der Waals surface area contributed by atoms with Crippen molar-refractivity contribution >= 4 is 27.3 Å². The second kappa shape index (κ2) is 4.35. The van der Waals surface area contributed by atoms with Crippen LogP contribution in [0.25, 0.3) is 0 Å². The van der Waals surface area contributed by atoms with Crippen molar-refractivity contribution in [1.82, 2.24) is 9.71 Å². The van der Waals surface area contributed by atoms with E-state index < -0.39 is 21.5 Å². The van der Waals surface area contributed by atoms with Crippen LogP contribution in [-0.2, 0) is 19.6 Å². The number of carbonyl (C=O) groups is 1. The summed E-state index contributed by atoms with van der Waals surface area (Å²) in [6, 6.07) is 0. The Labute approximate surface area is 103 Å². The van der Waals surface area contributed by atoms with Gasteiger partial charge in [0.15, 0.2) is 4.21 Å². The third-order valence-electron chi connectivity index (χ3n) is 2.79. The monoisotopic (exact) mass is 276 g/mol. The Kier molecular flexibility index (Phi) is 3.19. The van der Waals surface area contributed by atoms with Crippen molar-refractivity contribution in [1.29, 1.82) is 0 Å². The predicted molar refractivity (Wildman–Crippen MR) is 61.0 cm³/mol. The van der Waals surface area contributed by atoms with Gasteiger partial charge in [0.2, 0.25) is 0 Å². The molecule has 0 aromatic carbocycles. The minimum atomic E-state index is -3.69. The molecule has 0 bridgehead atoms. The van der Waals surface area contributed by atoms with E-state index >= 15 is 0 Å². The maximum Gasteiger partial charge on any atom is 0.327 e. The number of ether oxygens (including phenoxy) is 1. The summed E-state index contributed by atoms with van der Waals surface area (Å²) in [6.45, 7) is 0. The number of hydrogen-bond acceptors (Lipinski definition) is 6. The van der Waals surface area contributed by atoms with Crippen LogP contribution in [0.5, 0.6) is 0 Å². The van der Waals surface area contributed by atoms with Gasteiger partial charge < -0.3 is 4.74 Å². The number of thiazole rings is 1. The largest absolute Gasteiger partial charge is 0.468 e. The van der Waals surface area contributed by atoms with E-state index in [1.165, 1.54) is 18.8 Å². The molecule has 0 unspecified atom stereocenters. The molecule has 1 fully saturated rings. The van der Waals surface area contributed by atoms with E-state index in [9.17, 15) is 13.2 Å². The van der Waals surface area contributed by atoms with Gasteiger partial charge in [0, 0.05) is 0 Å². The van der Waals surface area contributed by atoms with Crippen LogP contribution in [0.3, 0.4) is 0 Å². The lowest BCUT2D eigenvalue weighted by molar-refractivity contribution is -0.151. The molecule has 1 aliphatic carbocycles. The number of methoxy groups -OCH3 is 1. The Hall–Kier alpha value is -0.990. The number of rotatable bonds is 4. The van der Waals surface area contributed by atoms with Gasteiger partial charge in [-0.25, -0.2) is 8.42 Å². The molecule has 0 spiro atoms. The van der Waals surface area contributed by atoms with E-state index in [1.54, 1.807) is 0 Å². The first kappa shape index (κ1) is 12.5. The highest BCUT2D eigenvalue weighted by Gasteiger charge is 2.48. The molecule has 1 N–H and O–H groups in total. The average molecular weight is 276 g/mol. The molecule has 8 heteroatoms. The van der Waals surface area contributed by atoms with Crippen LogP contribution >= 0.6 is 11.3 Å². The zero-order valence-corrected chi connectivity index (χ0v) is 10.8. The van der Waals surface area contributed by atoms with Gasteiger partial charge in [-0.1, -0.05) is 0 Å². The molecule has 0 saturated heterocycles. The third-order valence-corrected chi connectivity index (χ3v) is 5.59. The highest BCUT2D eigenvalue weighted by atomic mass is 32.2. The molecule has 1 aromatic rings. The lowest BCUT2D eigenvalue weighted by Gasteiger charge is -2.38. The number of carbonyl (C=O) groups excluding carboxylic acids is 1. The van der Waals surface area contributed by atoms with Crippen molar-refractivity contribution in [2.75, 3.05) is 7.11 Å². The Bertz CT molecular complexity index is 505. The molecule has 0 aliphatic heterocycles. The van der Waals surface area contributed by atoms with Crippen LogP contribution in [0.1, 0.15) is 19.3 Å². The lowest BCUT2D eigenvalue weighted by atomic mass is 9.78. The zero-order valence-electron chi connectivity index (χ0n) is 9.17. The summed E-state index contributed by atoms with van der Waals surface area (Å²) in [7, 11) is -2.43. The van der Waals surface area contributed by atoms with Gasteiger partial charge in [-0.3, -0.25) is 9.78 Å². The van der Waals surface area contributed by atoms with Gasteiger partial charge in [0.25, 0.3) is 10.0 Å². The minimum absolute atomic E-state index is 0.104. The van der Waals surface area contributed by atoms with Crippen molar-refractivity contribution in [2.24, 2.45) is 0 Å². The van der Waals surface area contributed by atoms with E-state index in [0.717, 1.165) is 17.8 Å². The van der Waals surface area contributed by atoms with Gasteiger partial charge in [0.05, 0.1) is 18.8 Å². The molecular weight excluding hydrogens is 264 g/mol. The summed E-state index contributed by atoms with van der Waals surface area (Å²) in [4.78, 5) is 15.3. The van der Waals surface area contributed by atoms with E-state index in [-0.39, 0.29) is 4.21 Å². The number of esters is 1. The topological polar surface area (TPSA) is 85.4 Å². The van der Waals surface area contributed by atoms with Gasteiger partial charge in [0.1, 0.15) is 5.54 Å². The summed E-state index contributed by atoms with van der Waals surface area (Å²) >= 11 is 1.01. The van der Waals surface area contributed by atoms with E-state index in [4.69, 9.17) is 0 Å². The number of hydrogen-bond donors (Lipinski definition) is 1. The highest BCUT2D eigenvalue weighted by Crippen LogP contribution is 2.34. The Morgan fingerprint density at radius 1 is 1.59 bits per heavy atom. The molecule has 1 aliphatic rings. The fourth-order valence-corrected chi connectivity index (χ4v) is 3.93. The first-order valence-electron chi connectivity index (χ1n) is 5.01. The lowest BCUT2D eigenvalue weighted by Crippen LogP contribution is -2.59. The quantitative estimate of drug-likeness (QED) is 0.810. The first-order valence-corrected chi connectivity index (χ1v) is 7.37. The maximum atomic E-state index is 12.0. The van der Waals surface area contributed by atoms with Crippen LogP contribution in [0.15, 0.2) is 15.9 Å². The Morgan fingerprint density at radius 2 is 2.29 bits per heavy atom. The molecule has 0 radical (unpaired) electrons. The Balaban J connectivity index is 2.23. The molecule has 1 heterocycles. The number of nitrogens with zero attached hydrogens (tertiary/aromatic N) is 1. The van der Waals surface area contributed by atoms with Crippen molar-refractivity contribution in [3.8, 4) is 0 Å². The summed E-state index contributed by atoms with van der Waals surface area (Å²) in [5.74, 6) is -0.531. The maximum absolute atomic E-state index is 12.0. The van der Waals surface area contributed by atoms with Crippen LogP contribution < -0.4 is 4.72 Å². The summed E-state index contributed by atoms with van der Waals surface area (Å²) in [5, 5.41) is 0. The van der Waals surface area contributed by atoms with Crippen molar-refractivity contribution < 1.29 is 17.9 Å². The summed E-state index contributed by atoms with van der Waals surface area (Å²) < 4.78 is 31.1. The fraction of sp³-hybridized carbons (Fsp3) is 0.556. The van der Waals surface area contributed by atoms with Gasteiger partial charge in [-0.05, 0) is 19.3 Å². The molecule has 2 rings (SSSR count). The summed E-state index contributed by atoms with van der Waals surface area (Å²) in [5.41, 5.74) is 0.345. The smallest absolute Gasteiger partial charge is 0.327 e. The van der Waals surface area contributed by atoms with Gasteiger partial charge in [-0.2, -0.15) is 4.72 Å². The SMILES string of the molecule is COC(=O)C1(NS(=O)(=O)c2cncs2)CCC1. The normalized spacial score (nSPS) is 18.4. The molecular formula is C9H12N2O4S2. The predicted octanol–water partition coefficient (Wildman–Crippen LogP) is 0.517. The van der Waals surface area contributed by atoms with Crippen molar-refractivity contribution in [2.45, 2.75) is 29.0 Å². The molecule has 1 saturated carbocycles. The Morgan fingerprint density at radius 3 is 2.71 bits per heavy atom. The molecule has 94 valence electrons. The number of nitrogens with one attached hydrogen (secondary N) is 1.